The molecule has 0 bridgehead atoms. The molecular formula is C14H21N3O3. The number of hydrogen-bond donors (Lipinski definition) is 2. The summed E-state index contributed by atoms with van der Waals surface area (Å²) in [6.45, 7) is 1.89. The van der Waals surface area contributed by atoms with Crippen molar-refractivity contribution in [3.63, 3.8) is 0 Å². The van der Waals surface area contributed by atoms with Gasteiger partial charge in [0.2, 0.25) is 0 Å². The second-order valence-corrected chi connectivity index (χ2v) is 5.27. The van der Waals surface area contributed by atoms with Gasteiger partial charge in [-0.15, -0.1) is 0 Å². The molecule has 0 radical (unpaired) electrons. The number of rotatable bonds is 6. The van der Waals surface area contributed by atoms with Crippen LogP contribution in [0.1, 0.15) is 62.0 Å². The summed E-state index contributed by atoms with van der Waals surface area (Å²) >= 11 is 0. The minimum absolute atomic E-state index is 0.291. The molecule has 0 saturated heterocycles. The summed E-state index contributed by atoms with van der Waals surface area (Å²) in [6, 6.07) is 1.19. The predicted octanol–water partition coefficient (Wildman–Crippen LogP) is 1.98. The Morgan fingerprint density at radius 2 is 2.20 bits per heavy atom. The van der Waals surface area contributed by atoms with Gasteiger partial charge in [-0.2, -0.15) is 5.10 Å². The van der Waals surface area contributed by atoms with Crippen LogP contribution in [-0.2, 0) is 4.79 Å². The molecule has 1 atom stereocenters. The first-order valence-corrected chi connectivity index (χ1v) is 7.20. The molecule has 1 aliphatic carbocycles. The number of nitrogens with one attached hydrogen (secondary N) is 1. The van der Waals surface area contributed by atoms with Crippen LogP contribution in [0.5, 0.6) is 0 Å². The van der Waals surface area contributed by atoms with E-state index in [0.717, 1.165) is 12.8 Å². The molecule has 2 N–H and O–H groups in total. The molecule has 6 heteroatoms. The number of carboxylic acids is 1. The fourth-order valence-electron chi connectivity index (χ4n) is 2.61. The molecule has 6 nitrogen and oxygen atoms in total. The lowest BCUT2D eigenvalue weighted by atomic mass is 10.1. The fraction of sp³-hybridized carbons (Fsp3) is 0.643. The lowest BCUT2D eigenvalue weighted by molar-refractivity contribution is -0.139. The average molecular weight is 279 g/mol. The number of carbonyl (C=O) groups is 2. The number of carboxylic acid groups (broad SMARTS) is 1. The standard InChI is InChI=1S/C14H21N3O3/c1-2-5-12(14(19)20)15-13(18)11-8-9-17(16-11)10-6-3-4-7-10/h8-10,12H,2-7H2,1H3,(H,15,18)(H,19,20). The summed E-state index contributed by atoms with van der Waals surface area (Å²) in [5.74, 6) is -1.42. The zero-order chi connectivity index (χ0) is 14.5. The predicted molar refractivity (Wildman–Crippen MR) is 73.5 cm³/mol. The van der Waals surface area contributed by atoms with Crippen molar-refractivity contribution in [3.05, 3.63) is 18.0 Å². The first kappa shape index (κ1) is 14.6. The van der Waals surface area contributed by atoms with Gasteiger partial charge in [-0.1, -0.05) is 26.2 Å². The van der Waals surface area contributed by atoms with Crippen molar-refractivity contribution in [1.82, 2.24) is 15.1 Å². The molecule has 1 saturated carbocycles. The van der Waals surface area contributed by atoms with Gasteiger partial charge in [0.1, 0.15) is 11.7 Å². The second-order valence-electron chi connectivity index (χ2n) is 5.27. The first-order valence-electron chi connectivity index (χ1n) is 7.20. The molecular weight excluding hydrogens is 258 g/mol. The van der Waals surface area contributed by atoms with Crippen LogP contribution in [0, 0.1) is 0 Å². The molecule has 1 aliphatic rings. The highest BCUT2D eigenvalue weighted by Gasteiger charge is 2.22. The molecule has 0 spiro atoms. The summed E-state index contributed by atoms with van der Waals surface area (Å²) in [5, 5.41) is 15.8. The van der Waals surface area contributed by atoms with Crippen molar-refractivity contribution in [2.24, 2.45) is 0 Å². The molecule has 1 heterocycles. The summed E-state index contributed by atoms with van der Waals surface area (Å²) < 4.78 is 1.83. The third-order valence-corrected chi connectivity index (χ3v) is 3.72. The molecule has 1 amide bonds. The van der Waals surface area contributed by atoms with Gasteiger partial charge in [0.05, 0.1) is 6.04 Å². The van der Waals surface area contributed by atoms with Crippen molar-refractivity contribution in [2.45, 2.75) is 57.5 Å². The van der Waals surface area contributed by atoms with Crippen molar-refractivity contribution in [2.75, 3.05) is 0 Å². The van der Waals surface area contributed by atoms with Gasteiger partial charge in [0.15, 0.2) is 0 Å². The molecule has 1 aromatic heterocycles. The number of aliphatic carboxylic acids is 1. The van der Waals surface area contributed by atoms with E-state index in [9.17, 15) is 9.59 Å². The molecule has 0 aliphatic heterocycles. The fourth-order valence-corrected chi connectivity index (χ4v) is 2.61. The van der Waals surface area contributed by atoms with Crippen LogP contribution in [0.25, 0.3) is 0 Å². The number of amides is 1. The summed E-state index contributed by atoms with van der Waals surface area (Å²) in [7, 11) is 0. The monoisotopic (exact) mass is 279 g/mol. The van der Waals surface area contributed by atoms with E-state index in [0.29, 0.717) is 24.6 Å². The van der Waals surface area contributed by atoms with E-state index in [2.05, 4.69) is 10.4 Å². The highest BCUT2D eigenvalue weighted by Crippen LogP contribution is 2.28. The Bertz CT molecular complexity index is 478. The maximum atomic E-state index is 12.0. The second kappa shape index (κ2) is 6.54. The topological polar surface area (TPSA) is 84.2 Å². The largest absolute Gasteiger partial charge is 0.480 e. The molecule has 1 fully saturated rings. The molecule has 1 unspecified atom stereocenters. The molecule has 1 aromatic rings. The van der Waals surface area contributed by atoms with Crippen LogP contribution in [0.4, 0.5) is 0 Å². The van der Waals surface area contributed by atoms with Gasteiger partial charge in [0.25, 0.3) is 5.91 Å². The molecule has 110 valence electrons. The van der Waals surface area contributed by atoms with Crippen molar-refractivity contribution in [1.29, 1.82) is 0 Å². The smallest absolute Gasteiger partial charge is 0.326 e. The number of nitrogens with zero attached hydrogens (tertiary/aromatic N) is 2. The summed E-state index contributed by atoms with van der Waals surface area (Å²) in [5.41, 5.74) is 0.291. The third kappa shape index (κ3) is 3.37. The Morgan fingerprint density at radius 1 is 1.50 bits per heavy atom. The maximum absolute atomic E-state index is 12.0. The number of aromatic nitrogens is 2. The van der Waals surface area contributed by atoms with Crippen LogP contribution in [0.2, 0.25) is 0 Å². The van der Waals surface area contributed by atoms with Crippen LogP contribution in [0.15, 0.2) is 12.3 Å². The maximum Gasteiger partial charge on any atom is 0.326 e. The number of carbonyl (C=O) groups excluding carboxylic acids is 1. The normalized spacial score (nSPS) is 17.1. The zero-order valence-electron chi connectivity index (χ0n) is 11.7. The minimum Gasteiger partial charge on any atom is -0.480 e. The van der Waals surface area contributed by atoms with Gasteiger partial charge in [-0.3, -0.25) is 9.48 Å². The Morgan fingerprint density at radius 3 is 2.80 bits per heavy atom. The van der Waals surface area contributed by atoms with Gasteiger partial charge in [-0.05, 0) is 25.3 Å². The van der Waals surface area contributed by atoms with E-state index in [1.165, 1.54) is 12.8 Å². The zero-order valence-corrected chi connectivity index (χ0v) is 11.7. The van der Waals surface area contributed by atoms with Crippen LogP contribution in [-0.4, -0.2) is 32.8 Å². The lowest BCUT2D eigenvalue weighted by Crippen LogP contribution is -2.40. The van der Waals surface area contributed by atoms with E-state index >= 15 is 0 Å². The molecule has 20 heavy (non-hydrogen) atoms. The Kier molecular flexibility index (Phi) is 4.76. The van der Waals surface area contributed by atoms with Crippen molar-refractivity contribution in [3.8, 4) is 0 Å². The first-order chi connectivity index (χ1) is 9.61. The van der Waals surface area contributed by atoms with Gasteiger partial charge < -0.3 is 10.4 Å². The Hall–Kier alpha value is -1.85. The quantitative estimate of drug-likeness (QED) is 0.834. The summed E-state index contributed by atoms with van der Waals surface area (Å²) in [6.07, 6.45) is 7.51. The molecule has 0 aromatic carbocycles. The van der Waals surface area contributed by atoms with E-state index in [1.54, 1.807) is 12.3 Å². The molecule has 2 rings (SSSR count). The van der Waals surface area contributed by atoms with Crippen molar-refractivity contribution < 1.29 is 14.7 Å². The highest BCUT2D eigenvalue weighted by molar-refractivity contribution is 5.94. The van der Waals surface area contributed by atoms with Gasteiger partial charge in [-0.25, -0.2) is 4.79 Å². The minimum atomic E-state index is -1.00. The average Bonchev–Trinajstić information content (AvgIpc) is 3.08. The van der Waals surface area contributed by atoms with Gasteiger partial charge >= 0.3 is 5.97 Å². The van der Waals surface area contributed by atoms with Crippen molar-refractivity contribution >= 4 is 11.9 Å². The van der Waals surface area contributed by atoms with Crippen LogP contribution < -0.4 is 5.32 Å². The summed E-state index contributed by atoms with van der Waals surface area (Å²) in [4.78, 5) is 23.0. The number of hydrogen-bond acceptors (Lipinski definition) is 3. The van der Waals surface area contributed by atoms with E-state index in [1.807, 2.05) is 11.6 Å². The lowest BCUT2D eigenvalue weighted by Gasteiger charge is -2.12. The Labute approximate surface area is 118 Å². The van der Waals surface area contributed by atoms with E-state index in [4.69, 9.17) is 5.11 Å². The third-order valence-electron chi connectivity index (χ3n) is 3.72. The SMILES string of the molecule is CCCC(NC(=O)c1ccn(C2CCCC2)n1)C(=O)O. The van der Waals surface area contributed by atoms with Crippen LogP contribution >= 0.6 is 0 Å². The van der Waals surface area contributed by atoms with E-state index in [-0.39, 0.29) is 0 Å². The Balaban J connectivity index is 1.99. The van der Waals surface area contributed by atoms with Gasteiger partial charge in [0, 0.05) is 6.20 Å². The van der Waals surface area contributed by atoms with E-state index < -0.39 is 17.9 Å². The van der Waals surface area contributed by atoms with Crippen LogP contribution in [0.3, 0.4) is 0 Å². The highest BCUT2D eigenvalue weighted by atomic mass is 16.4.